The summed E-state index contributed by atoms with van der Waals surface area (Å²) in [5, 5.41) is 61.5. The fourth-order valence-electron chi connectivity index (χ4n) is 1.60. The van der Waals surface area contributed by atoms with Crippen LogP contribution in [0.3, 0.4) is 0 Å². The van der Waals surface area contributed by atoms with E-state index < -0.39 is 48.7 Å². The largest absolute Gasteiger partial charge is 0.394 e. The Morgan fingerprint density at radius 2 is 1.68 bits per heavy atom. The Hall–Kier alpha value is -0.810. The number of rotatable bonds is 10. The molecule has 132 valence electrons. The van der Waals surface area contributed by atoms with Crippen molar-refractivity contribution < 1.29 is 35.4 Å². The molecule has 0 aromatic heterocycles. The summed E-state index contributed by atoms with van der Waals surface area (Å²) in [6.07, 6.45) is -7.57. The second-order valence-electron chi connectivity index (χ2n) is 5.84. The van der Waals surface area contributed by atoms with Crippen molar-refractivity contribution in [2.24, 2.45) is 0 Å². The minimum Gasteiger partial charge on any atom is -0.394 e. The summed E-state index contributed by atoms with van der Waals surface area (Å²) < 4.78 is 0. The first-order chi connectivity index (χ1) is 10.0. The quantitative estimate of drug-likeness (QED) is 0.193. The van der Waals surface area contributed by atoms with E-state index in [0.717, 1.165) is 0 Å². The minimum absolute atomic E-state index is 0.191. The highest BCUT2D eigenvalue weighted by Gasteiger charge is 2.34. The fraction of sp³-hybridized carbons (Fsp3) is 0.923. The van der Waals surface area contributed by atoms with Gasteiger partial charge in [0.15, 0.2) is 6.10 Å². The van der Waals surface area contributed by atoms with Gasteiger partial charge in [0.05, 0.1) is 18.4 Å². The number of hydrogen-bond acceptors (Lipinski definition) is 8. The molecule has 0 aromatic rings. The lowest BCUT2D eigenvalue weighted by Crippen LogP contribution is -2.56. The zero-order chi connectivity index (χ0) is 17.5. The summed E-state index contributed by atoms with van der Waals surface area (Å²) in [5.74, 6) is -0.952. The van der Waals surface area contributed by atoms with Crippen molar-refractivity contribution in [1.29, 1.82) is 0 Å². The first-order valence-corrected chi connectivity index (χ1v) is 7.12. The second kappa shape index (κ2) is 9.36. The van der Waals surface area contributed by atoms with Crippen molar-refractivity contribution >= 4 is 5.91 Å². The number of hydrogen-bond donors (Lipinski definition) is 8. The van der Waals surface area contributed by atoms with Crippen LogP contribution in [0.4, 0.5) is 0 Å². The number of aliphatic hydroxyl groups excluding tert-OH is 5. The topological polar surface area (TPSA) is 163 Å². The maximum atomic E-state index is 11.8. The summed E-state index contributed by atoms with van der Waals surface area (Å²) in [6.45, 7) is 4.29. The molecule has 1 amide bonds. The van der Waals surface area contributed by atoms with E-state index in [2.05, 4.69) is 10.6 Å². The van der Waals surface area contributed by atoms with Crippen LogP contribution in [0.25, 0.3) is 0 Å². The summed E-state index contributed by atoms with van der Waals surface area (Å²) in [4.78, 5) is 11.8. The predicted octanol–water partition coefficient (Wildman–Crippen LogP) is -3.36. The zero-order valence-electron chi connectivity index (χ0n) is 13.1. The summed E-state index contributed by atoms with van der Waals surface area (Å²) >= 11 is 0. The average Bonchev–Trinajstić information content (AvgIpc) is 2.46. The molecule has 0 spiro atoms. The Morgan fingerprint density at radius 1 is 1.14 bits per heavy atom. The Bertz CT molecular complexity index is 335. The highest BCUT2D eigenvalue weighted by atomic mass is 16.4. The van der Waals surface area contributed by atoms with Crippen molar-refractivity contribution in [3.05, 3.63) is 0 Å². The number of aliphatic hydroxyl groups is 6. The normalized spacial score (nSPS) is 19.1. The zero-order valence-corrected chi connectivity index (χ0v) is 13.1. The van der Waals surface area contributed by atoms with Gasteiger partial charge in [-0.05, 0) is 20.3 Å². The second-order valence-corrected chi connectivity index (χ2v) is 5.84. The molecule has 0 radical (unpaired) electrons. The molecule has 0 saturated heterocycles. The van der Waals surface area contributed by atoms with E-state index in [1.54, 1.807) is 20.8 Å². The molecule has 0 fully saturated rings. The molecule has 8 N–H and O–H groups in total. The van der Waals surface area contributed by atoms with Crippen LogP contribution in [0.2, 0.25) is 0 Å². The highest BCUT2D eigenvalue weighted by molar-refractivity contribution is 5.81. The molecule has 22 heavy (non-hydrogen) atoms. The molecule has 9 nitrogen and oxygen atoms in total. The molecule has 1 unspecified atom stereocenters. The average molecular weight is 324 g/mol. The highest BCUT2D eigenvalue weighted by Crippen LogP contribution is 2.06. The summed E-state index contributed by atoms with van der Waals surface area (Å²) in [6, 6.07) is 0. The lowest BCUT2D eigenvalue weighted by Gasteiger charge is -2.28. The van der Waals surface area contributed by atoms with E-state index in [-0.39, 0.29) is 6.54 Å². The predicted molar refractivity (Wildman–Crippen MR) is 77.6 cm³/mol. The molecule has 0 aliphatic rings. The third-order valence-corrected chi connectivity index (χ3v) is 3.03. The summed E-state index contributed by atoms with van der Waals surface area (Å²) in [7, 11) is 0. The van der Waals surface area contributed by atoms with Gasteiger partial charge in [-0.25, -0.2) is 0 Å². The maximum absolute atomic E-state index is 11.8. The molecule has 5 atom stereocenters. The standard InChI is InChI=1S/C13H28N2O7/c1-4-8(14-6-13(2,3)22)15-12(21)11(20)10(19)9(18)7(17)5-16/h7-11,14,16-20,22H,4-6H2,1-3H3,(H,15,21)/t7-,8?,9-,10+,11-/m1/s1. The third kappa shape index (κ3) is 7.45. The Morgan fingerprint density at radius 3 is 2.09 bits per heavy atom. The van der Waals surface area contributed by atoms with Gasteiger partial charge in [-0.15, -0.1) is 0 Å². The lowest BCUT2D eigenvalue weighted by atomic mass is 10.0. The van der Waals surface area contributed by atoms with Crippen molar-refractivity contribution in [3.8, 4) is 0 Å². The molecule has 0 rings (SSSR count). The molecule has 0 heterocycles. The van der Waals surface area contributed by atoms with Crippen molar-refractivity contribution in [2.45, 2.75) is 63.4 Å². The fourth-order valence-corrected chi connectivity index (χ4v) is 1.60. The van der Waals surface area contributed by atoms with Gasteiger partial charge in [0, 0.05) is 6.54 Å². The van der Waals surface area contributed by atoms with Gasteiger partial charge in [0.2, 0.25) is 0 Å². The lowest BCUT2D eigenvalue weighted by molar-refractivity contribution is -0.149. The monoisotopic (exact) mass is 324 g/mol. The van der Waals surface area contributed by atoms with Gasteiger partial charge < -0.3 is 36.0 Å². The SMILES string of the molecule is CCC(NCC(C)(C)O)NC(=O)[C@H](O)[C@@H](O)[C@H](O)[C@H](O)CO. The van der Waals surface area contributed by atoms with Crippen molar-refractivity contribution in [3.63, 3.8) is 0 Å². The summed E-state index contributed by atoms with van der Waals surface area (Å²) in [5.41, 5.74) is -0.988. The molecule has 0 aromatic carbocycles. The van der Waals surface area contributed by atoms with Crippen molar-refractivity contribution in [2.75, 3.05) is 13.2 Å². The molecule has 0 bridgehead atoms. The molecular weight excluding hydrogens is 296 g/mol. The van der Waals surface area contributed by atoms with Crippen LogP contribution >= 0.6 is 0 Å². The van der Waals surface area contributed by atoms with E-state index in [1.165, 1.54) is 0 Å². The van der Waals surface area contributed by atoms with Crippen LogP contribution in [-0.4, -0.2) is 85.9 Å². The van der Waals surface area contributed by atoms with E-state index >= 15 is 0 Å². The van der Waals surface area contributed by atoms with Crippen LogP contribution in [0.5, 0.6) is 0 Å². The molecule has 0 saturated carbocycles. The van der Waals surface area contributed by atoms with Crippen LogP contribution in [0, 0.1) is 0 Å². The van der Waals surface area contributed by atoms with Crippen molar-refractivity contribution in [1.82, 2.24) is 10.6 Å². The Labute approximate surface area is 129 Å². The smallest absolute Gasteiger partial charge is 0.252 e. The number of carbonyl (C=O) groups excluding carboxylic acids is 1. The van der Waals surface area contributed by atoms with E-state index in [1.807, 2.05) is 0 Å². The molecule has 0 aliphatic carbocycles. The van der Waals surface area contributed by atoms with E-state index in [0.29, 0.717) is 6.42 Å². The first-order valence-electron chi connectivity index (χ1n) is 7.12. The minimum atomic E-state index is -1.98. The maximum Gasteiger partial charge on any atom is 0.252 e. The number of amides is 1. The molecule has 0 aliphatic heterocycles. The van der Waals surface area contributed by atoms with Gasteiger partial charge in [-0.1, -0.05) is 6.92 Å². The van der Waals surface area contributed by atoms with Gasteiger partial charge in [-0.2, -0.15) is 0 Å². The Kier molecular flexibility index (Phi) is 9.01. The number of carbonyl (C=O) groups is 1. The van der Waals surface area contributed by atoms with E-state index in [9.17, 15) is 30.3 Å². The molecule has 9 heteroatoms. The van der Waals surface area contributed by atoms with Gasteiger partial charge in [-0.3, -0.25) is 10.1 Å². The van der Waals surface area contributed by atoms with Gasteiger partial charge in [0.1, 0.15) is 18.3 Å². The van der Waals surface area contributed by atoms with Crippen LogP contribution < -0.4 is 10.6 Å². The van der Waals surface area contributed by atoms with Gasteiger partial charge in [0.25, 0.3) is 5.91 Å². The van der Waals surface area contributed by atoms with Gasteiger partial charge >= 0.3 is 0 Å². The van der Waals surface area contributed by atoms with Crippen LogP contribution in [0.1, 0.15) is 27.2 Å². The Balaban J connectivity index is 4.54. The van der Waals surface area contributed by atoms with E-state index in [4.69, 9.17) is 5.11 Å². The van der Waals surface area contributed by atoms with Crippen LogP contribution in [0.15, 0.2) is 0 Å². The molecular formula is C13H28N2O7. The first kappa shape index (κ1) is 21.2. The number of nitrogens with one attached hydrogen (secondary N) is 2. The van der Waals surface area contributed by atoms with Crippen LogP contribution in [-0.2, 0) is 4.79 Å². The third-order valence-electron chi connectivity index (χ3n) is 3.03.